The average Bonchev–Trinajstić information content (AvgIpc) is 2.74. The van der Waals surface area contributed by atoms with Crippen LogP contribution in [0.25, 0.3) is 10.8 Å². The standard InChI is InChI=1S/C24H25N3O2/c1-18(28)19-7-10-23(11-8-19)27-14-12-26(13-15-27)17-24(29)25-22-9-6-20-4-2-3-5-21(20)16-22/h2-11,16H,12-15,17H2,1H3,(H,25,29)/p+1. The van der Waals surface area contributed by atoms with Crippen LogP contribution in [0.3, 0.4) is 0 Å². The predicted molar refractivity (Wildman–Crippen MR) is 117 cm³/mol. The number of nitrogens with one attached hydrogen (secondary N) is 2. The van der Waals surface area contributed by atoms with Crippen LogP contribution in [0.5, 0.6) is 0 Å². The summed E-state index contributed by atoms with van der Waals surface area (Å²) in [6.07, 6.45) is 0. The van der Waals surface area contributed by atoms with Gasteiger partial charge in [0.25, 0.3) is 5.91 Å². The fraction of sp³-hybridized carbons (Fsp3) is 0.250. The molecule has 0 aromatic heterocycles. The van der Waals surface area contributed by atoms with Crippen molar-refractivity contribution in [3.63, 3.8) is 0 Å². The number of benzene rings is 3. The van der Waals surface area contributed by atoms with Crippen LogP contribution in [0.15, 0.2) is 66.7 Å². The highest BCUT2D eigenvalue weighted by atomic mass is 16.2. The molecule has 1 heterocycles. The Balaban J connectivity index is 1.29. The number of fused-ring (bicyclic) bond motifs is 1. The maximum absolute atomic E-state index is 12.5. The summed E-state index contributed by atoms with van der Waals surface area (Å²) < 4.78 is 0. The first kappa shape index (κ1) is 19.2. The minimum atomic E-state index is 0.0505. The van der Waals surface area contributed by atoms with E-state index in [1.807, 2.05) is 54.6 Å². The van der Waals surface area contributed by atoms with Gasteiger partial charge in [0.05, 0.1) is 26.2 Å². The van der Waals surface area contributed by atoms with Crippen LogP contribution in [0.2, 0.25) is 0 Å². The Hall–Kier alpha value is -3.18. The Bertz CT molecular complexity index is 1020. The molecular formula is C24H26N3O2+. The Kier molecular flexibility index (Phi) is 5.58. The smallest absolute Gasteiger partial charge is 0.279 e. The number of ketones is 1. The summed E-state index contributed by atoms with van der Waals surface area (Å²) >= 11 is 0. The van der Waals surface area contributed by atoms with Crippen LogP contribution in [0.1, 0.15) is 17.3 Å². The van der Waals surface area contributed by atoms with Crippen LogP contribution < -0.4 is 15.1 Å². The first-order valence-electron chi connectivity index (χ1n) is 10.1. The summed E-state index contributed by atoms with van der Waals surface area (Å²) in [7, 11) is 0. The van der Waals surface area contributed by atoms with Gasteiger partial charge in [-0.2, -0.15) is 0 Å². The topological polar surface area (TPSA) is 53.9 Å². The van der Waals surface area contributed by atoms with Gasteiger partial charge in [0, 0.05) is 16.9 Å². The van der Waals surface area contributed by atoms with Gasteiger partial charge < -0.3 is 15.1 Å². The van der Waals surface area contributed by atoms with Crippen molar-refractivity contribution in [2.24, 2.45) is 0 Å². The third kappa shape index (κ3) is 4.63. The lowest BCUT2D eigenvalue weighted by atomic mass is 10.1. The van der Waals surface area contributed by atoms with Gasteiger partial charge in [0.2, 0.25) is 0 Å². The molecule has 29 heavy (non-hydrogen) atoms. The molecule has 5 heteroatoms. The van der Waals surface area contributed by atoms with Crippen molar-refractivity contribution in [3.8, 4) is 0 Å². The fourth-order valence-corrected chi connectivity index (χ4v) is 3.86. The molecule has 4 rings (SSSR count). The largest absolute Gasteiger partial charge is 0.360 e. The highest BCUT2D eigenvalue weighted by molar-refractivity contribution is 5.95. The highest BCUT2D eigenvalue weighted by Crippen LogP contribution is 2.19. The second-order valence-electron chi connectivity index (χ2n) is 7.63. The molecule has 0 bridgehead atoms. The zero-order valence-electron chi connectivity index (χ0n) is 16.7. The Morgan fingerprint density at radius 2 is 1.62 bits per heavy atom. The van der Waals surface area contributed by atoms with Gasteiger partial charge in [0.15, 0.2) is 12.3 Å². The number of rotatable bonds is 5. The number of amides is 1. The number of Topliss-reactive ketones (excluding diaryl/α,β-unsaturated/α-hetero) is 1. The Morgan fingerprint density at radius 3 is 2.31 bits per heavy atom. The second kappa shape index (κ2) is 8.45. The van der Waals surface area contributed by atoms with E-state index >= 15 is 0 Å². The summed E-state index contributed by atoms with van der Waals surface area (Å²) in [6, 6.07) is 21.9. The number of carbonyl (C=O) groups is 2. The fourth-order valence-electron chi connectivity index (χ4n) is 3.86. The van der Waals surface area contributed by atoms with Crippen molar-refractivity contribution in [1.29, 1.82) is 0 Å². The first-order valence-corrected chi connectivity index (χ1v) is 10.1. The minimum Gasteiger partial charge on any atom is -0.360 e. The molecule has 3 aromatic carbocycles. The molecule has 1 fully saturated rings. The molecule has 0 spiro atoms. The number of nitrogens with zero attached hydrogens (tertiary/aromatic N) is 1. The molecule has 148 valence electrons. The monoisotopic (exact) mass is 388 g/mol. The molecule has 1 amide bonds. The van der Waals surface area contributed by atoms with Gasteiger partial charge in [0.1, 0.15) is 0 Å². The van der Waals surface area contributed by atoms with Crippen molar-refractivity contribution in [2.75, 3.05) is 42.9 Å². The van der Waals surface area contributed by atoms with Gasteiger partial charge in [-0.05, 0) is 54.1 Å². The van der Waals surface area contributed by atoms with E-state index in [-0.39, 0.29) is 11.7 Å². The van der Waals surface area contributed by atoms with E-state index in [1.54, 1.807) is 6.92 Å². The molecule has 0 saturated carbocycles. The third-order valence-corrected chi connectivity index (χ3v) is 5.55. The number of carbonyl (C=O) groups excluding carboxylic acids is 2. The van der Waals surface area contributed by atoms with Crippen LogP contribution in [-0.2, 0) is 4.79 Å². The summed E-state index contributed by atoms with van der Waals surface area (Å²) in [5.41, 5.74) is 2.72. The molecule has 1 saturated heterocycles. The second-order valence-corrected chi connectivity index (χ2v) is 7.63. The van der Waals surface area contributed by atoms with Crippen molar-refractivity contribution in [3.05, 3.63) is 72.3 Å². The predicted octanol–water partition coefficient (Wildman–Crippen LogP) is 2.39. The summed E-state index contributed by atoms with van der Waals surface area (Å²) in [5, 5.41) is 5.33. The van der Waals surface area contributed by atoms with E-state index in [2.05, 4.69) is 22.3 Å². The van der Waals surface area contributed by atoms with Gasteiger partial charge in [-0.25, -0.2) is 0 Å². The van der Waals surface area contributed by atoms with Crippen molar-refractivity contribution >= 4 is 33.8 Å². The molecule has 1 aliphatic rings. The zero-order valence-corrected chi connectivity index (χ0v) is 16.7. The lowest BCUT2D eigenvalue weighted by Gasteiger charge is -2.33. The molecule has 0 aliphatic carbocycles. The van der Waals surface area contributed by atoms with Crippen LogP contribution in [-0.4, -0.2) is 44.4 Å². The molecule has 1 aliphatic heterocycles. The molecule has 2 N–H and O–H groups in total. The number of quaternary nitrogens is 1. The number of anilines is 2. The van der Waals surface area contributed by atoms with Gasteiger partial charge >= 0.3 is 0 Å². The minimum absolute atomic E-state index is 0.0505. The quantitative estimate of drug-likeness (QED) is 0.660. The van der Waals surface area contributed by atoms with Crippen molar-refractivity contribution < 1.29 is 14.5 Å². The first-order chi connectivity index (χ1) is 14.1. The Labute approximate surface area is 170 Å². The Morgan fingerprint density at radius 1 is 0.931 bits per heavy atom. The maximum atomic E-state index is 12.5. The van der Waals surface area contributed by atoms with E-state index in [0.29, 0.717) is 6.54 Å². The molecule has 0 radical (unpaired) electrons. The van der Waals surface area contributed by atoms with Crippen molar-refractivity contribution in [2.45, 2.75) is 6.92 Å². The van der Waals surface area contributed by atoms with Gasteiger partial charge in [-0.1, -0.05) is 30.3 Å². The lowest BCUT2D eigenvalue weighted by molar-refractivity contribution is -0.892. The molecule has 0 atom stereocenters. The van der Waals surface area contributed by atoms with Crippen LogP contribution >= 0.6 is 0 Å². The number of hydrogen-bond donors (Lipinski definition) is 2. The summed E-state index contributed by atoms with van der Waals surface area (Å²) in [6.45, 7) is 5.69. The normalized spacial score (nSPS) is 14.7. The lowest BCUT2D eigenvalue weighted by Crippen LogP contribution is -3.15. The number of piperazine rings is 1. The summed E-state index contributed by atoms with van der Waals surface area (Å²) in [5.74, 6) is 0.137. The van der Waals surface area contributed by atoms with E-state index in [9.17, 15) is 9.59 Å². The van der Waals surface area contributed by atoms with E-state index in [0.717, 1.165) is 48.5 Å². The molecule has 0 unspecified atom stereocenters. The summed E-state index contributed by atoms with van der Waals surface area (Å²) in [4.78, 5) is 27.5. The van der Waals surface area contributed by atoms with E-state index < -0.39 is 0 Å². The van der Waals surface area contributed by atoms with Gasteiger partial charge in [-0.3, -0.25) is 9.59 Å². The average molecular weight is 388 g/mol. The number of hydrogen-bond acceptors (Lipinski definition) is 3. The van der Waals surface area contributed by atoms with Gasteiger partial charge in [-0.15, -0.1) is 0 Å². The maximum Gasteiger partial charge on any atom is 0.279 e. The highest BCUT2D eigenvalue weighted by Gasteiger charge is 2.22. The third-order valence-electron chi connectivity index (χ3n) is 5.55. The van der Waals surface area contributed by atoms with Crippen LogP contribution in [0.4, 0.5) is 11.4 Å². The van der Waals surface area contributed by atoms with Crippen LogP contribution in [0, 0.1) is 0 Å². The van der Waals surface area contributed by atoms with Crippen molar-refractivity contribution in [1.82, 2.24) is 0 Å². The molecule has 3 aromatic rings. The SMILES string of the molecule is CC(=O)c1ccc(N2CC[NH+](CC(=O)Nc3ccc4ccccc4c3)CC2)cc1. The van der Waals surface area contributed by atoms with E-state index in [1.165, 1.54) is 10.3 Å². The molecule has 5 nitrogen and oxygen atoms in total. The van der Waals surface area contributed by atoms with E-state index in [4.69, 9.17) is 0 Å². The molecular weight excluding hydrogens is 362 g/mol. The zero-order chi connectivity index (χ0) is 20.2.